The van der Waals surface area contributed by atoms with Crippen LogP contribution in [0.1, 0.15) is 59.7 Å². The number of para-hydroxylation sites is 1. The molecule has 37 heavy (non-hydrogen) atoms. The summed E-state index contributed by atoms with van der Waals surface area (Å²) in [6, 6.07) is 23.8. The van der Waals surface area contributed by atoms with Gasteiger partial charge in [0.2, 0.25) is 5.91 Å². The zero-order valence-electron chi connectivity index (χ0n) is 21.2. The van der Waals surface area contributed by atoms with Gasteiger partial charge < -0.3 is 20.9 Å². The van der Waals surface area contributed by atoms with Crippen LogP contribution in [0.3, 0.4) is 0 Å². The molecule has 0 aromatic heterocycles. The third-order valence-corrected chi connectivity index (χ3v) is 6.54. The average molecular weight is 499 g/mol. The maximum atomic E-state index is 13.1. The minimum Gasteiger partial charge on any atom is -0.376 e. The Hall–Kier alpha value is -4.13. The number of nitrogens with one attached hydrogen (secondary N) is 3. The molecule has 0 radical (unpaired) electrons. The van der Waals surface area contributed by atoms with Gasteiger partial charge in [-0.15, -0.1) is 0 Å². The summed E-state index contributed by atoms with van der Waals surface area (Å²) in [5.74, 6) is -0.471. The molecule has 3 N–H and O–H groups in total. The largest absolute Gasteiger partial charge is 0.376 e. The SMILES string of the molecule is CCN(C(=O)c1cccc(NC(=O)CNc2cccc(C(=O)NC3CCCCC3)c2)c1)c1ccccc1. The monoisotopic (exact) mass is 498 g/mol. The van der Waals surface area contributed by atoms with E-state index in [1.807, 2.05) is 43.3 Å². The van der Waals surface area contributed by atoms with Crippen molar-refractivity contribution in [2.24, 2.45) is 0 Å². The Kier molecular flexibility index (Phi) is 8.92. The number of hydrogen-bond donors (Lipinski definition) is 3. The van der Waals surface area contributed by atoms with Gasteiger partial charge in [0, 0.05) is 40.8 Å². The van der Waals surface area contributed by atoms with Gasteiger partial charge >= 0.3 is 0 Å². The summed E-state index contributed by atoms with van der Waals surface area (Å²) in [5.41, 5.74) is 3.12. The predicted octanol–water partition coefficient (Wildman–Crippen LogP) is 5.47. The quantitative estimate of drug-likeness (QED) is 0.365. The average Bonchev–Trinajstić information content (AvgIpc) is 2.94. The summed E-state index contributed by atoms with van der Waals surface area (Å²) in [6.07, 6.45) is 5.60. The smallest absolute Gasteiger partial charge is 0.258 e. The van der Waals surface area contributed by atoms with Gasteiger partial charge in [0.25, 0.3) is 11.8 Å². The van der Waals surface area contributed by atoms with Crippen molar-refractivity contribution in [3.63, 3.8) is 0 Å². The maximum absolute atomic E-state index is 13.1. The molecule has 0 bridgehead atoms. The zero-order chi connectivity index (χ0) is 26.0. The van der Waals surface area contributed by atoms with Crippen molar-refractivity contribution in [1.82, 2.24) is 5.32 Å². The minimum atomic E-state index is -0.253. The highest BCUT2D eigenvalue weighted by molar-refractivity contribution is 6.07. The van der Waals surface area contributed by atoms with E-state index in [1.54, 1.807) is 47.4 Å². The molecular formula is C30H34N4O3. The van der Waals surface area contributed by atoms with Gasteiger partial charge in [-0.3, -0.25) is 14.4 Å². The van der Waals surface area contributed by atoms with Crippen molar-refractivity contribution in [2.75, 3.05) is 28.6 Å². The first-order valence-corrected chi connectivity index (χ1v) is 12.9. The fourth-order valence-electron chi connectivity index (χ4n) is 4.61. The van der Waals surface area contributed by atoms with Crippen LogP contribution in [0.25, 0.3) is 0 Å². The Morgan fingerprint density at radius 1 is 0.811 bits per heavy atom. The summed E-state index contributed by atoms with van der Waals surface area (Å²) in [7, 11) is 0. The number of benzene rings is 3. The third-order valence-electron chi connectivity index (χ3n) is 6.54. The van der Waals surface area contributed by atoms with Crippen LogP contribution < -0.4 is 20.9 Å². The van der Waals surface area contributed by atoms with Gasteiger partial charge in [0.1, 0.15) is 0 Å². The Labute approximate surface area is 218 Å². The van der Waals surface area contributed by atoms with Crippen LogP contribution in [-0.4, -0.2) is 36.9 Å². The Morgan fingerprint density at radius 3 is 2.22 bits per heavy atom. The lowest BCUT2D eigenvalue weighted by Crippen LogP contribution is -2.36. The van der Waals surface area contributed by atoms with Crippen LogP contribution in [0.2, 0.25) is 0 Å². The van der Waals surface area contributed by atoms with Crippen molar-refractivity contribution in [3.05, 3.63) is 90.0 Å². The highest BCUT2D eigenvalue weighted by atomic mass is 16.2. The van der Waals surface area contributed by atoms with Gasteiger partial charge in [-0.05, 0) is 68.3 Å². The first-order chi connectivity index (χ1) is 18.0. The van der Waals surface area contributed by atoms with E-state index in [0.29, 0.717) is 29.0 Å². The summed E-state index contributed by atoms with van der Waals surface area (Å²) in [6.45, 7) is 2.48. The van der Waals surface area contributed by atoms with E-state index in [0.717, 1.165) is 31.4 Å². The van der Waals surface area contributed by atoms with Crippen molar-refractivity contribution >= 4 is 34.8 Å². The molecule has 0 unspecified atom stereocenters. The van der Waals surface area contributed by atoms with Crippen LogP contribution in [-0.2, 0) is 4.79 Å². The zero-order valence-corrected chi connectivity index (χ0v) is 21.2. The van der Waals surface area contributed by atoms with Crippen LogP contribution in [0.4, 0.5) is 17.1 Å². The lowest BCUT2D eigenvalue weighted by Gasteiger charge is -2.22. The summed E-state index contributed by atoms with van der Waals surface area (Å²) in [4.78, 5) is 40.1. The molecule has 1 aliphatic carbocycles. The van der Waals surface area contributed by atoms with Gasteiger partial charge in [-0.1, -0.05) is 49.6 Å². The summed E-state index contributed by atoms with van der Waals surface area (Å²) < 4.78 is 0. The van der Waals surface area contributed by atoms with Gasteiger partial charge in [-0.25, -0.2) is 0 Å². The van der Waals surface area contributed by atoms with Crippen LogP contribution >= 0.6 is 0 Å². The van der Waals surface area contributed by atoms with E-state index in [9.17, 15) is 14.4 Å². The number of carbonyl (C=O) groups is 3. The van der Waals surface area contributed by atoms with E-state index in [1.165, 1.54) is 6.42 Å². The van der Waals surface area contributed by atoms with E-state index >= 15 is 0 Å². The molecule has 3 amide bonds. The van der Waals surface area contributed by atoms with Crippen molar-refractivity contribution in [3.8, 4) is 0 Å². The Morgan fingerprint density at radius 2 is 1.49 bits per heavy atom. The third kappa shape index (κ3) is 7.19. The molecule has 1 saturated carbocycles. The molecule has 4 rings (SSSR count). The molecule has 7 heteroatoms. The summed E-state index contributed by atoms with van der Waals surface area (Å²) in [5, 5.41) is 9.05. The molecule has 1 aliphatic rings. The second kappa shape index (κ2) is 12.7. The van der Waals surface area contributed by atoms with Gasteiger partial charge in [-0.2, -0.15) is 0 Å². The lowest BCUT2D eigenvalue weighted by molar-refractivity contribution is -0.114. The number of amides is 3. The molecule has 0 saturated heterocycles. The molecule has 192 valence electrons. The predicted molar refractivity (Wildman–Crippen MR) is 148 cm³/mol. The fraction of sp³-hybridized carbons (Fsp3) is 0.300. The molecule has 7 nitrogen and oxygen atoms in total. The normalized spacial score (nSPS) is 13.4. The van der Waals surface area contributed by atoms with Gasteiger partial charge in [0.15, 0.2) is 0 Å². The number of nitrogens with zero attached hydrogens (tertiary/aromatic N) is 1. The topological polar surface area (TPSA) is 90.5 Å². The number of anilines is 3. The Bertz CT molecular complexity index is 1220. The molecule has 0 atom stereocenters. The standard InChI is InChI=1S/C30H34N4O3/c1-2-34(27-17-7-4-8-18-27)30(37)23-12-10-16-26(20-23)32-28(35)21-31-25-15-9-11-22(19-25)29(36)33-24-13-5-3-6-14-24/h4,7-12,15-20,24,31H,2-3,5-6,13-14,21H2,1H3,(H,32,35)(H,33,36). The Balaban J connectivity index is 1.33. The number of rotatable bonds is 9. The molecular weight excluding hydrogens is 464 g/mol. The number of hydrogen-bond acceptors (Lipinski definition) is 4. The summed E-state index contributed by atoms with van der Waals surface area (Å²) >= 11 is 0. The molecule has 1 fully saturated rings. The first kappa shape index (κ1) is 25.9. The van der Waals surface area contributed by atoms with E-state index in [2.05, 4.69) is 16.0 Å². The van der Waals surface area contributed by atoms with Crippen molar-refractivity contribution in [1.29, 1.82) is 0 Å². The molecule has 0 spiro atoms. The molecule has 0 heterocycles. The highest BCUT2D eigenvalue weighted by Crippen LogP contribution is 2.20. The van der Waals surface area contributed by atoms with E-state index in [-0.39, 0.29) is 30.3 Å². The van der Waals surface area contributed by atoms with Crippen molar-refractivity contribution in [2.45, 2.75) is 45.1 Å². The second-order valence-electron chi connectivity index (χ2n) is 9.26. The van der Waals surface area contributed by atoms with Crippen LogP contribution in [0, 0.1) is 0 Å². The minimum absolute atomic E-state index is 0.0248. The van der Waals surface area contributed by atoms with E-state index < -0.39 is 0 Å². The lowest BCUT2D eigenvalue weighted by atomic mass is 9.95. The molecule has 0 aliphatic heterocycles. The maximum Gasteiger partial charge on any atom is 0.258 e. The van der Waals surface area contributed by atoms with Gasteiger partial charge in [0.05, 0.1) is 6.54 Å². The van der Waals surface area contributed by atoms with Crippen LogP contribution in [0.15, 0.2) is 78.9 Å². The second-order valence-corrected chi connectivity index (χ2v) is 9.26. The highest BCUT2D eigenvalue weighted by Gasteiger charge is 2.18. The van der Waals surface area contributed by atoms with Crippen molar-refractivity contribution < 1.29 is 14.4 Å². The number of carbonyl (C=O) groups excluding carboxylic acids is 3. The molecule has 3 aromatic carbocycles. The first-order valence-electron chi connectivity index (χ1n) is 12.9. The van der Waals surface area contributed by atoms with E-state index in [4.69, 9.17) is 0 Å². The molecule has 3 aromatic rings. The van der Waals surface area contributed by atoms with Crippen LogP contribution in [0.5, 0.6) is 0 Å². The fourth-order valence-corrected chi connectivity index (χ4v) is 4.61.